The summed E-state index contributed by atoms with van der Waals surface area (Å²) in [5.41, 5.74) is 4.77. The zero-order chi connectivity index (χ0) is 23.7. The molecule has 34 heavy (non-hydrogen) atoms. The molecular formula is C27H23Cl2N3O2. The van der Waals surface area contributed by atoms with E-state index in [1.54, 1.807) is 7.11 Å². The van der Waals surface area contributed by atoms with Crippen molar-refractivity contribution in [1.82, 2.24) is 14.9 Å². The summed E-state index contributed by atoms with van der Waals surface area (Å²) in [5.74, 6) is 0.682. The lowest BCUT2D eigenvalue weighted by Crippen LogP contribution is -2.28. The second kappa shape index (κ2) is 9.45. The third kappa shape index (κ3) is 4.49. The van der Waals surface area contributed by atoms with Gasteiger partial charge in [0.15, 0.2) is 0 Å². The van der Waals surface area contributed by atoms with Gasteiger partial charge in [-0.05, 0) is 72.1 Å². The number of fused-ring (bicyclic) bond motifs is 2. The van der Waals surface area contributed by atoms with Crippen molar-refractivity contribution >= 4 is 50.9 Å². The number of carbonyl (C=O) groups is 1. The fraction of sp³-hybridized carbons (Fsp3) is 0.148. The predicted octanol–water partition coefficient (Wildman–Crippen LogP) is 6.46. The van der Waals surface area contributed by atoms with E-state index in [4.69, 9.17) is 27.9 Å². The maximum absolute atomic E-state index is 13.2. The monoisotopic (exact) mass is 491 g/mol. The highest BCUT2D eigenvalue weighted by Crippen LogP contribution is 2.26. The smallest absolute Gasteiger partial charge is 0.267 e. The van der Waals surface area contributed by atoms with Crippen LogP contribution in [0.25, 0.3) is 21.8 Å². The van der Waals surface area contributed by atoms with Crippen LogP contribution in [0.4, 0.5) is 0 Å². The molecule has 0 saturated heterocycles. The minimum atomic E-state index is -0.126. The Bertz CT molecular complexity index is 1490. The van der Waals surface area contributed by atoms with Crippen LogP contribution < -0.4 is 10.1 Å². The van der Waals surface area contributed by atoms with Crippen LogP contribution in [-0.4, -0.2) is 29.1 Å². The van der Waals surface area contributed by atoms with Gasteiger partial charge in [0.05, 0.1) is 7.11 Å². The summed E-state index contributed by atoms with van der Waals surface area (Å²) in [4.78, 5) is 16.5. The number of nitrogens with zero attached hydrogens (tertiary/aromatic N) is 1. The zero-order valence-electron chi connectivity index (χ0n) is 18.6. The Hall–Kier alpha value is -3.41. The molecule has 0 aliphatic heterocycles. The molecule has 1 amide bonds. The number of methoxy groups -OCH3 is 1. The summed E-state index contributed by atoms with van der Waals surface area (Å²) in [6, 6.07) is 21.1. The Morgan fingerprint density at radius 2 is 1.79 bits per heavy atom. The molecule has 2 N–H and O–H groups in total. The normalized spacial score (nSPS) is 11.3. The second-order valence-corrected chi connectivity index (χ2v) is 9.05. The van der Waals surface area contributed by atoms with E-state index in [0.717, 1.165) is 38.7 Å². The van der Waals surface area contributed by atoms with Crippen LogP contribution in [0.15, 0.2) is 72.9 Å². The SMILES string of the molecule is COc1ccc2[nH]cc(CCNC(=O)c3cc4cc(Cl)ccc4n3Cc3ccc(Cl)cc3)c2c1. The Labute approximate surface area is 207 Å². The maximum Gasteiger partial charge on any atom is 0.267 e. The Morgan fingerprint density at radius 3 is 2.59 bits per heavy atom. The number of hydrogen-bond donors (Lipinski definition) is 2. The summed E-state index contributed by atoms with van der Waals surface area (Å²) >= 11 is 12.3. The molecule has 5 nitrogen and oxygen atoms in total. The maximum atomic E-state index is 13.2. The first-order valence-corrected chi connectivity index (χ1v) is 11.7. The van der Waals surface area contributed by atoms with Gasteiger partial charge in [0.2, 0.25) is 0 Å². The average molecular weight is 492 g/mol. The van der Waals surface area contributed by atoms with E-state index < -0.39 is 0 Å². The van der Waals surface area contributed by atoms with E-state index in [1.165, 1.54) is 0 Å². The van der Waals surface area contributed by atoms with Crippen molar-refractivity contribution in [2.75, 3.05) is 13.7 Å². The second-order valence-electron chi connectivity index (χ2n) is 8.18. The van der Waals surface area contributed by atoms with Gasteiger partial charge in [0.25, 0.3) is 5.91 Å². The van der Waals surface area contributed by atoms with Crippen LogP contribution in [0.1, 0.15) is 21.6 Å². The van der Waals surface area contributed by atoms with Gasteiger partial charge >= 0.3 is 0 Å². The number of halogens is 2. The van der Waals surface area contributed by atoms with E-state index in [9.17, 15) is 4.79 Å². The molecule has 0 aliphatic carbocycles. The molecule has 0 saturated carbocycles. The van der Waals surface area contributed by atoms with Gasteiger partial charge in [0.1, 0.15) is 11.4 Å². The van der Waals surface area contributed by atoms with Gasteiger partial charge < -0.3 is 19.6 Å². The first kappa shape index (κ1) is 22.4. The molecule has 0 spiro atoms. The largest absolute Gasteiger partial charge is 0.497 e. The molecule has 7 heteroatoms. The van der Waals surface area contributed by atoms with E-state index in [2.05, 4.69) is 10.3 Å². The van der Waals surface area contributed by atoms with Gasteiger partial charge in [-0.2, -0.15) is 0 Å². The molecule has 5 aromatic rings. The number of carbonyl (C=O) groups excluding carboxylic acids is 1. The summed E-state index contributed by atoms with van der Waals surface area (Å²) in [6.07, 6.45) is 2.68. The molecule has 0 unspecified atom stereocenters. The van der Waals surface area contributed by atoms with Crippen LogP contribution in [0.5, 0.6) is 5.75 Å². The number of H-pyrrole nitrogens is 1. The van der Waals surface area contributed by atoms with Crippen LogP contribution in [0.3, 0.4) is 0 Å². The molecular weight excluding hydrogens is 469 g/mol. The van der Waals surface area contributed by atoms with Crippen molar-refractivity contribution in [3.63, 3.8) is 0 Å². The topological polar surface area (TPSA) is 59.0 Å². The quantitative estimate of drug-likeness (QED) is 0.274. The molecule has 5 rings (SSSR count). The third-order valence-corrected chi connectivity index (χ3v) is 6.49. The number of aromatic amines is 1. The minimum Gasteiger partial charge on any atom is -0.497 e. The van der Waals surface area contributed by atoms with E-state index in [0.29, 0.717) is 35.2 Å². The number of hydrogen-bond acceptors (Lipinski definition) is 2. The Kier molecular flexibility index (Phi) is 6.22. The molecule has 2 aromatic heterocycles. The van der Waals surface area contributed by atoms with E-state index in [-0.39, 0.29) is 5.91 Å². The third-order valence-electron chi connectivity index (χ3n) is 6.00. The highest BCUT2D eigenvalue weighted by molar-refractivity contribution is 6.31. The van der Waals surface area contributed by atoms with Crippen molar-refractivity contribution < 1.29 is 9.53 Å². The van der Waals surface area contributed by atoms with Gasteiger partial charge in [0, 0.05) is 51.1 Å². The highest BCUT2D eigenvalue weighted by atomic mass is 35.5. The van der Waals surface area contributed by atoms with Crippen molar-refractivity contribution in [3.05, 3.63) is 99.8 Å². The molecule has 0 aliphatic rings. The first-order valence-electron chi connectivity index (χ1n) is 11.0. The van der Waals surface area contributed by atoms with Crippen molar-refractivity contribution in [2.24, 2.45) is 0 Å². The fourth-order valence-electron chi connectivity index (χ4n) is 4.27. The minimum absolute atomic E-state index is 0.126. The molecule has 2 heterocycles. The van der Waals surface area contributed by atoms with Gasteiger partial charge in [-0.3, -0.25) is 4.79 Å². The molecule has 0 fully saturated rings. The standard InChI is InChI=1S/C27H23Cl2N3O2/c1-34-22-7-8-24-23(14-22)18(15-31-24)10-11-30-27(33)26-13-19-12-21(29)6-9-25(19)32(26)16-17-2-4-20(28)5-3-17/h2-9,12-15,31H,10-11,16H2,1H3,(H,30,33). The van der Waals surface area contributed by atoms with E-state index >= 15 is 0 Å². The number of benzene rings is 3. The number of nitrogens with one attached hydrogen (secondary N) is 2. The summed E-state index contributed by atoms with van der Waals surface area (Å²) in [5, 5.41) is 6.42. The van der Waals surface area contributed by atoms with Crippen LogP contribution in [-0.2, 0) is 13.0 Å². The summed E-state index contributed by atoms with van der Waals surface area (Å²) in [7, 11) is 1.66. The molecule has 0 atom stereocenters. The fourth-order valence-corrected chi connectivity index (χ4v) is 4.57. The number of rotatable bonds is 7. The molecule has 0 bridgehead atoms. The van der Waals surface area contributed by atoms with Crippen LogP contribution in [0, 0.1) is 0 Å². The van der Waals surface area contributed by atoms with Crippen molar-refractivity contribution in [1.29, 1.82) is 0 Å². The lowest BCUT2D eigenvalue weighted by atomic mass is 10.1. The van der Waals surface area contributed by atoms with E-state index in [1.807, 2.05) is 77.5 Å². The van der Waals surface area contributed by atoms with Crippen molar-refractivity contribution in [3.8, 4) is 5.75 Å². The first-order chi connectivity index (χ1) is 16.5. The predicted molar refractivity (Wildman–Crippen MR) is 138 cm³/mol. The molecule has 0 radical (unpaired) electrons. The molecule has 172 valence electrons. The van der Waals surface area contributed by atoms with Gasteiger partial charge in [-0.15, -0.1) is 0 Å². The Morgan fingerprint density at radius 1 is 1.00 bits per heavy atom. The summed E-state index contributed by atoms with van der Waals surface area (Å²) < 4.78 is 7.36. The average Bonchev–Trinajstić information content (AvgIpc) is 3.41. The number of amides is 1. The summed E-state index contributed by atoms with van der Waals surface area (Å²) in [6.45, 7) is 1.06. The van der Waals surface area contributed by atoms with Gasteiger partial charge in [-0.25, -0.2) is 0 Å². The lowest BCUT2D eigenvalue weighted by Gasteiger charge is -2.12. The number of ether oxygens (including phenoxy) is 1. The van der Waals surface area contributed by atoms with Gasteiger partial charge in [-0.1, -0.05) is 35.3 Å². The van der Waals surface area contributed by atoms with Crippen LogP contribution >= 0.6 is 23.2 Å². The Balaban J connectivity index is 1.38. The highest BCUT2D eigenvalue weighted by Gasteiger charge is 2.16. The van der Waals surface area contributed by atoms with Crippen molar-refractivity contribution in [2.45, 2.75) is 13.0 Å². The lowest BCUT2D eigenvalue weighted by molar-refractivity contribution is 0.0946. The van der Waals surface area contributed by atoms with Crippen LogP contribution in [0.2, 0.25) is 10.0 Å². The number of aromatic nitrogens is 2. The molecule has 3 aromatic carbocycles. The zero-order valence-corrected chi connectivity index (χ0v) is 20.1.